The maximum Gasteiger partial charge on any atom is 0.243 e. The molecule has 1 heterocycles. The van der Waals surface area contributed by atoms with Gasteiger partial charge in [0.15, 0.2) is 5.82 Å². The third kappa shape index (κ3) is 4.50. The summed E-state index contributed by atoms with van der Waals surface area (Å²) in [5.74, 6) is -0.753. The average Bonchev–Trinajstić information content (AvgIpc) is 3.05. The summed E-state index contributed by atoms with van der Waals surface area (Å²) in [5, 5.41) is 6.83. The fourth-order valence-electron chi connectivity index (χ4n) is 2.37. The van der Waals surface area contributed by atoms with Crippen LogP contribution in [0.2, 0.25) is 0 Å². The SMILES string of the molecule is O=S(=O)(NCCc1n[nH]c(Cc2ccccc2)n1)c1cc(F)ccc1F. The van der Waals surface area contributed by atoms with Crippen LogP contribution in [0.5, 0.6) is 0 Å². The van der Waals surface area contributed by atoms with Crippen molar-refractivity contribution in [3.8, 4) is 0 Å². The molecule has 3 aromatic rings. The van der Waals surface area contributed by atoms with Crippen LogP contribution in [0.4, 0.5) is 8.78 Å². The Hall–Kier alpha value is -2.65. The molecule has 6 nitrogen and oxygen atoms in total. The lowest BCUT2D eigenvalue weighted by Crippen LogP contribution is -2.27. The van der Waals surface area contributed by atoms with Gasteiger partial charge in [-0.15, -0.1) is 0 Å². The third-order valence-electron chi connectivity index (χ3n) is 3.62. The lowest BCUT2D eigenvalue weighted by molar-refractivity contribution is 0.545. The number of halogens is 2. The molecular weight excluding hydrogens is 362 g/mol. The lowest BCUT2D eigenvalue weighted by atomic mass is 10.1. The molecule has 0 radical (unpaired) electrons. The van der Waals surface area contributed by atoms with Crippen molar-refractivity contribution in [2.75, 3.05) is 6.54 Å². The van der Waals surface area contributed by atoms with Gasteiger partial charge in [0.2, 0.25) is 10.0 Å². The van der Waals surface area contributed by atoms with Gasteiger partial charge >= 0.3 is 0 Å². The Labute approximate surface area is 149 Å². The molecule has 1 aromatic heterocycles. The minimum atomic E-state index is -4.16. The number of hydrogen-bond donors (Lipinski definition) is 2. The van der Waals surface area contributed by atoms with E-state index in [9.17, 15) is 17.2 Å². The predicted octanol–water partition coefficient (Wildman–Crippen LogP) is 2.19. The molecule has 0 aliphatic carbocycles. The van der Waals surface area contributed by atoms with Crippen molar-refractivity contribution in [1.82, 2.24) is 19.9 Å². The van der Waals surface area contributed by atoms with E-state index in [1.54, 1.807) is 0 Å². The molecule has 0 amide bonds. The highest BCUT2D eigenvalue weighted by atomic mass is 32.2. The molecule has 0 unspecified atom stereocenters. The quantitative estimate of drug-likeness (QED) is 0.660. The number of benzene rings is 2. The van der Waals surface area contributed by atoms with Crippen molar-refractivity contribution < 1.29 is 17.2 Å². The molecule has 136 valence electrons. The Balaban J connectivity index is 1.59. The van der Waals surface area contributed by atoms with Crippen molar-refractivity contribution in [3.05, 3.63) is 77.4 Å². The van der Waals surface area contributed by atoms with E-state index in [1.807, 2.05) is 30.3 Å². The number of aromatic amines is 1. The van der Waals surface area contributed by atoms with Crippen LogP contribution >= 0.6 is 0 Å². The lowest BCUT2D eigenvalue weighted by Gasteiger charge is -2.06. The molecule has 0 bridgehead atoms. The van der Waals surface area contributed by atoms with E-state index >= 15 is 0 Å². The molecule has 26 heavy (non-hydrogen) atoms. The highest BCUT2D eigenvalue weighted by Gasteiger charge is 2.19. The molecule has 3 rings (SSSR count). The van der Waals surface area contributed by atoms with Crippen LogP contribution in [0.1, 0.15) is 17.2 Å². The van der Waals surface area contributed by atoms with Crippen LogP contribution in [-0.4, -0.2) is 30.1 Å². The van der Waals surface area contributed by atoms with E-state index in [0.29, 0.717) is 24.1 Å². The number of nitrogens with zero attached hydrogens (tertiary/aromatic N) is 2. The Bertz CT molecular complexity index is 991. The van der Waals surface area contributed by atoms with Gasteiger partial charge in [-0.05, 0) is 23.8 Å². The van der Waals surface area contributed by atoms with E-state index in [-0.39, 0.29) is 13.0 Å². The molecule has 2 N–H and O–H groups in total. The minimum absolute atomic E-state index is 0.0408. The van der Waals surface area contributed by atoms with Crippen molar-refractivity contribution >= 4 is 10.0 Å². The Kier molecular flexibility index (Phi) is 5.38. The largest absolute Gasteiger partial charge is 0.263 e. The molecule has 2 aromatic carbocycles. The van der Waals surface area contributed by atoms with Gasteiger partial charge in [-0.2, -0.15) is 5.10 Å². The topological polar surface area (TPSA) is 87.7 Å². The standard InChI is InChI=1S/C17H16F2N4O2S/c18-13-6-7-14(19)15(11-13)26(24,25)20-9-8-16-21-17(23-22-16)10-12-4-2-1-3-5-12/h1-7,11,20H,8-10H2,(H,21,22,23). The minimum Gasteiger partial charge on any atom is -0.263 e. The van der Waals surface area contributed by atoms with E-state index in [2.05, 4.69) is 19.9 Å². The second kappa shape index (κ2) is 7.71. The first kappa shape index (κ1) is 18.2. The number of sulfonamides is 1. The van der Waals surface area contributed by atoms with E-state index in [1.165, 1.54) is 0 Å². The number of H-pyrrole nitrogens is 1. The molecular formula is C17H16F2N4O2S. The number of aromatic nitrogens is 3. The van der Waals surface area contributed by atoms with Crippen LogP contribution in [0.3, 0.4) is 0 Å². The first-order valence-corrected chi connectivity index (χ1v) is 9.31. The molecule has 0 spiro atoms. The molecule has 9 heteroatoms. The van der Waals surface area contributed by atoms with Gasteiger partial charge in [-0.1, -0.05) is 30.3 Å². The monoisotopic (exact) mass is 378 g/mol. The number of hydrogen-bond acceptors (Lipinski definition) is 4. The van der Waals surface area contributed by atoms with E-state index < -0.39 is 26.6 Å². The summed E-state index contributed by atoms with van der Waals surface area (Å²) in [7, 11) is -4.16. The van der Waals surface area contributed by atoms with Crippen LogP contribution < -0.4 is 4.72 Å². The number of nitrogens with one attached hydrogen (secondary N) is 2. The first-order chi connectivity index (χ1) is 12.4. The van der Waals surface area contributed by atoms with Crippen molar-refractivity contribution in [3.63, 3.8) is 0 Å². The highest BCUT2D eigenvalue weighted by Crippen LogP contribution is 2.15. The second-order valence-corrected chi connectivity index (χ2v) is 7.32. The fourth-order valence-corrected chi connectivity index (χ4v) is 3.49. The van der Waals surface area contributed by atoms with Gasteiger partial charge < -0.3 is 0 Å². The molecule has 0 saturated carbocycles. The molecule has 0 saturated heterocycles. The Morgan fingerprint density at radius 1 is 1.08 bits per heavy atom. The van der Waals surface area contributed by atoms with E-state index in [0.717, 1.165) is 17.7 Å². The zero-order valence-electron chi connectivity index (χ0n) is 13.6. The van der Waals surface area contributed by atoms with Gasteiger partial charge in [0.05, 0.1) is 0 Å². The van der Waals surface area contributed by atoms with Crippen LogP contribution in [0.25, 0.3) is 0 Å². The van der Waals surface area contributed by atoms with Gasteiger partial charge in [0.1, 0.15) is 22.4 Å². The van der Waals surface area contributed by atoms with Crippen LogP contribution in [0, 0.1) is 11.6 Å². The van der Waals surface area contributed by atoms with E-state index in [4.69, 9.17) is 0 Å². The molecule has 0 fully saturated rings. The zero-order chi connectivity index (χ0) is 18.6. The van der Waals surface area contributed by atoms with Crippen molar-refractivity contribution in [1.29, 1.82) is 0 Å². The summed E-state index contributed by atoms with van der Waals surface area (Å²) in [6.07, 6.45) is 0.787. The fraction of sp³-hybridized carbons (Fsp3) is 0.176. The second-order valence-electron chi connectivity index (χ2n) is 5.58. The Morgan fingerprint density at radius 2 is 1.85 bits per heavy atom. The highest BCUT2D eigenvalue weighted by molar-refractivity contribution is 7.89. The number of rotatable bonds is 7. The summed E-state index contributed by atoms with van der Waals surface area (Å²) in [5.41, 5.74) is 1.07. The summed E-state index contributed by atoms with van der Waals surface area (Å²) in [6.45, 7) is -0.0408. The van der Waals surface area contributed by atoms with Crippen molar-refractivity contribution in [2.24, 2.45) is 0 Å². The average molecular weight is 378 g/mol. The molecule has 0 atom stereocenters. The smallest absolute Gasteiger partial charge is 0.243 e. The molecule has 0 aliphatic rings. The summed E-state index contributed by atoms with van der Waals surface area (Å²) >= 11 is 0. The summed E-state index contributed by atoms with van der Waals surface area (Å²) in [4.78, 5) is 3.57. The van der Waals surface area contributed by atoms with Gasteiger partial charge in [0, 0.05) is 19.4 Å². The normalized spacial score (nSPS) is 11.6. The van der Waals surface area contributed by atoms with Gasteiger partial charge in [-0.3, -0.25) is 5.10 Å². The first-order valence-electron chi connectivity index (χ1n) is 7.83. The van der Waals surface area contributed by atoms with Crippen LogP contribution in [0.15, 0.2) is 53.4 Å². The summed E-state index contributed by atoms with van der Waals surface area (Å²) < 4.78 is 53.1. The summed E-state index contributed by atoms with van der Waals surface area (Å²) in [6, 6.07) is 12.0. The van der Waals surface area contributed by atoms with Gasteiger partial charge in [-0.25, -0.2) is 26.9 Å². The van der Waals surface area contributed by atoms with Crippen molar-refractivity contribution in [2.45, 2.75) is 17.7 Å². The Morgan fingerprint density at radius 3 is 2.62 bits per heavy atom. The van der Waals surface area contributed by atoms with Gasteiger partial charge in [0.25, 0.3) is 0 Å². The zero-order valence-corrected chi connectivity index (χ0v) is 14.4. The third-order valence-corrected chi connectivity index (χ3v) is 5.09. The van der Waals surface area contributed by atoms with Crippen LogP contribution in [-0.2, 0) is 22.9 Å². The maximum absolute atomic E-state index is 13.6. The maximum atomic E-state index is 13.6. The molecule has 0 aliphatic heterocycles. The predicted molar refractivity (Wildman–Crippen MR) is 90.9 cm³/mol.